The van der Waals surface area contributed by atoms with Crippen molar-refractivity contribution in [1.82, 2.24) is 24.7 Å². The number of carbonyl (C=O) groups excluding carboxylic acids is 1. The fourth-order valence-electron chi connectivity index (χ4n) is 1.24. The molecule has 0 bridgehead atoms. The van der Waals surface area contributed by atoms with Crippen LogP contribution in [0.5, 0.6) is 0 Å². The van der Waals surface area contributed by atoms with Crippen LogP contribution >= 0.6 is 11.8 Å². The Morgan fingerprint density at radius 1 is 1.41 bits per heavy atom. The van der Waals surface area contributed by atoms with Crippen molar-refractivity contribution < 1.29 is 4.79 Å². The standard InChI is InChI=1S/C10H11N5OS/c1-7(16)6-17-10-14-13-9(15(10)2)8-5-11-3-4-12-8/h3-5H,6H2,1-2H3. The van der Waals surface area contributed by atoms with Crippen molar-refractivity contribution in [1.29, 1.82) is 0 Å². The van der Waals surface area contributed by atoms with Gasteiger partial charge >= 0.3 is 0 Å². The highest BCUT2D eigenvalue weighted by atomic mass is 32.2. The highest BCUT2D eigenvalue weighted by Gasteiger charge is 2.12. The molecule has 0 radical (unpaired) electrons. The molecule has 0 aliphatic carbocycles. The van der Waals surface area contributed by atoms with Crippen LogP contribution in [0.15, 0.2) is 23.7 Å². The molecule has 0 unspecified atom stereocenters. The molecule has 88 valence electrons. The van der Waals surface area contributed by atoms with Gasteiger partial charge in [-0.2, -0.15) is 0 Å². The molecule has 0 amide bonds. The molecule has 7 heteroatoms. The maximum Gasteiger partial charge on any atom is 0.191 e. The number of ketones is 1. The van der Waals surface area contributed by atoms with E-state index >= 15 is 0 Å². The van der Waals surface area contributed by atoms with E-state index in [9.17, 15) is 4.79 Å². The minimum atomic E-state index is 0.110. The molecular weight excluding hydrogens is 238 g/mol. The molecule has 0 aliphatic rings. The summed E-state index contributed by atoms with van der Waals surface area (Å²) in [4.78, 5) is 19.0. The van der Waals surface area contributed by atoms with Crippen molar-refractivity contribution in [2.75, 3.05) is 5.75 Å². The lowest BCUT2D eigenvalue weighted by atomic mass is 10.4. The van der Waals surface area contributed by atoms with Crippen molar-refractivity contribution in [2.45, 2.75) is 12.1 Å². The Kier molecular flexibility index (Phi) is 3.48. The minimum absolute atomic E-state index is 0.110. The third kappa shape index (κ3) is 2.68. The van der Waals surface area contributed by atoms with Gasteiger partial charge in [-0.25, -0.2) is 4.98 Å². The van der Waals surface area contributed by atoms with Crippen LogP contribution in [0.1, 0.15) is 6.92 Å². The summed E-state index contributed by atoms with van der Waals surface area (Å²) in [5, 5.41) is 8.76. The highest BCUT2D eigenvalue weighted by molar-refractivity contribution is 7.99. The second-order valence-electron chi connectivity index (χ2n) is 3.45. The number of Topliss-reactive ketones (excluding diaryl/α,β-unsaturated/α-hetero) is 1. The lowest BCUT2D eigenvalue weighted by Gasteiger charge is -2.01. The average molecular weight is 249 g/mol. The molecule has 0 aromatic carbocycles. The first-order valence-electron chi connectivity index (χ1n) is 4.96. The summed E-state index contributed by atoms with van der Waals surface area (Å²) < 4.78 is 1.80. The Labute approximate surface area is 102 Å². The summed E-state index contributed by atoms with van der Waals surface area (Å²) in [7, 11) is 1.84. The molecule has 2 rings (SSSR count). The molecule has 0 saturated carbocycles. The third-order valence-electron chi connectivity index (χ3n) is 2.03. The number of aromatic nitrogens is 5. The average Bonchev–Trinajstić information content (AvgIpc) is 2.69. The van der Waals surface area contributed by atoms with Gasteiger partial charge in [0.25, 0.3) is 0 Å². The Balaban J connectivity index is 2.24. The number of carbonyl (C=O) groups is 1. The molecule has 0 N–H and O–H groups in total. The van der Waals surface area contributed by atoms with Crippen LogP contribution in [0.4, 0.5) is 0 Å². The van der Waals surface area contributed by atoms with Gasteiger partial charge in [0.1, 0.15) is 11.5 Å². The summed E-state index contributed by atoms with van der Waals surface area (Å²) in [5.41, 5.74) is 0.664. The molecule has 2 aromatic rings. The lowest BCUT2D eigenvalue weighted by molar-refractivity contribution is -0.114. The molecule has 0 atom stereocenters. The molecule has 0 spiro atoms. The van der Waals surface area contributed by atoms with Crippen LogP contribution in [0.2, 0.25) is 0 Å². The van der Waals surface area contributed by atoms with Gasteiger partial charge in [-0.15, -0.1) is 10.2 Å². The van der Waals surface area contributed by atoms with Crippen molar-refractivity contribution in [3.63, 3.8) is 0 Å². The smallest absolute Gasteiger partial charge is 0.191 e. The van der Waals surface area contributed by atoms with E-state index in [2.05, 4.69) is 20.2 Å². The number of hydrogen-bond donors (Lipinski definition) is 0. The molecule has 6 nitrogen and oxygen atoms in total. The van der Waals surface area contributed by atoms with Crippen LogP contribution in [0, 0.1) is 0 Å². The topological polar surface area (TPSA) is 73.6 Å². The van der Waals surface area contributed by atoms with Gasteiger partial charge in [0, 0.05) is 19.4 Å². The molecule has 0 saturated heterocycles. The largest absolute Gasteiger partial charge is 0.304 e. The SMILES string of the molecule is CC(=O)CSc1nnc(-c2cnccn2)n1C. The van der Waals surface area contributed by atoms with Crippen molar-refractivity contribution in [3.05, 3.63) is 18.6 Å². The first-order valence-corrected chi connectivity index (χ1v) is 5.95. The first-order chi connectivity index (χ1) is 8.18. The number of hydrogen-bond acceptors (Lipinski definition) is 6. The van der Waals surface area contributed by atoms with Crippen LogP contribution in [-0.2, 0) is 11.8 Å². The number of rotatable bonds is 4. The zero-order chi connectivity index (χ0) is 12.3. The summed E-state index contributed by atoms with van der Waals surface area (Å²) in [5.74, 6) is 1.15. The molecular formula is C10H11N5OS. The van der Waals surface area contributed by atoms with Gasteiger partial charge in [0.2, 0.25) is 0 Å². The van der Waals surface area contributed by atoms with Crippen molar-refractivity contribution >= 4 is 17.5 Å². The van der Waals surface area contributed by atoms with E-state index < -0.39 is 0 Å². The van der Waals surface area contributed by atoms with Crippen molar-refractivity contribution in [3.8, 4) is 11.5 Å². The van der Waals surface area contributed by atoms with Gasteiger partial charge < -0.3 is 4.57 Å². The molecule has 17 heavy (non-hydrogen) atoms. The molecule has 2 aromatic heterocycles. The van der Waals surface area contributed by atoms with E-state index in [1.54, 1.807) is 30.1 Å². The van der Waals surface area contributed by atoms with Gasteiger partial charge in [0.05, 0.1) is 11.9 Å². The Hall–Kier alpha value is -1.76. The van der Waals surface area contributed by atoms with Gasteiger partial charge in [0.15, 0.2) is 11.0 Å². The van der Waals surface area contributed by atoms with E-state index in [0.717, 1.165) is 0 Å². The van der Waals surface area contributed by atoms with Crippen LogP contribution in [-0.4, -0.2) is 36.3 Å². The van der Waals surface area contributed by atoms with E-state index in [1.807, 2.05) is 7.05 Å². The normalized spacial score (nSPS) is 10.5. The van der Waals surface area contributed by atoms with E-state index in [0.29, 0.717) is 22.4 Å². The van der Waals surface area contributed by atoms with Gasteiger partial charge in [-0.05, 0) is 6.92 Å². The quantitative estimate of drug-likeness (QED) is 0.751. The van der Waals surface area contributed by atoms with E-state index in [4.69, 9.17) is 0 Å². The minimum Gasteiger partial charge on any atom is -0.304 e. The van der Waals surface area contributed by atoms with Crippen molar-refractivity contribution in [2.24, 2.45) is 7.05 Å². The Bertz CT molecular complexity index is 525. The zero-order valence-electron chi connectivity index (χ0n) is 9.49. The summed E-state index contributed by atoms with van der Waals surface area (Å²) >= 11 is 1.36. The van der Waals surface area contributed by atoms with Crippen LogP contribution in [0.25, 0.3) is 11.5 Å². The van der Waals surface area contributed by atoms with Gasteiger partial charge in [-0.3, -0.25) is 9.78 Å². The summed E-state index contributed by atoms with van der Waals surface area (Å²) in [6.07, 6.45) is 4.83. The number of nitrogens with zero attached hydrogens (tertiary/aromatic N) is 5. The number of thioether (sulfide) groups is 1. The maximum absolute atomic E-state index is 10.9. The second-order valence-corrected chi connectivity index (χ2v) is 4.39. The predicted molar refractivity (Wildman–Crippen MR) is 63.4 cm³/mol. The van der Waals surface area contributed by atoms with E-state index in [1.165, 1.54) is 11.8 Å². The molecule has 2 heterocycles. The first kappa shape index (κ1) is 11.7. The third-order valence-corrected chi connectivity index (χ3v) is 3.20. The highest BCUT2D eigenvalue weighted by Crippen LogP contribution is 2.20. The molecule has 0 fully saturated rings. The van der Waals surface area contributed by atoms with Crippen LogP contribution < -0.4 is 0 Å². The molecule has 0 aliphatic heterocycles. The summed E-state index contributed by atoms with van der Waals surface area (Å²) in [6, 6.07) is 0. The summed E-state index contributed by atoms with van der Waals surface area (Å²) in [6.45, 7) is 1.55. The van der Waals surface area contributed by atoms with Gasteiger partial charge in [-0.1, -0.05) is 11.8 Å². The second kappa shape index (κ2) is 5.05. The Morgan fingerprint density at radius 3 is 2.88 bits per heavy atom. The predicted octanol–water partition coefficient (Wildman–Crippen LogP) is 0.953. The van der Waals surface area contributed by atoms with Crippen LogP contribution in [0.3, 0.4) is 0 Å². The van der Waals surface area contributed by atoms with E-state index in [-0.39, 0.29) is 5.78 Å². The maximum atomic E-state index is 10.9. The lowest BCUT2D eigenvalue weighted by Crippen LogP contribution is -1.99. The zero-order valence-corrected chi connectivity index (χ0v) is 10.3. The fraction of sp³-hybridized carbons (Fsp3) is 0.300. The Morgan fingerprint density at radius 2 is 2.24 bits per heavy atom. The fourth-order valence-corrected chi connectivity index (χ4v) is 1.96. The monoisotopic (exact) mass is 249 g/mol.